The predicted octanol–water partition coefficient (Wildman–Crippen LogP) is 2.04. The Morgan fingerprint density at radius 2 is 1.90 bits per heavy atom. The van der Waals surface area contributed by atoms with Gasteiger partial charge >= 0.3 is 0 Å². The van der Waals surface area contributed by atoms with E-state index in [9.17, 15) is 4.79 Å². The molecule has 0 radical (unpaired) electrons. The molecule has 5 heteroatoms. The van der Waals surface area contributed by atoms with Crippen molar-refractivity contribution in [3.8, 4) is 0 Å². The average Bonchev–Trinajstić information content (AvgIpc) is 2.48. The van der Waals surface area contributed by atoms with Crippen molar-refractivity contribution in [3.63, 3.8) is 0 Å². The van der Waals surface area contributed by atoms with Gasteiger partial charge in [0.2, 0.25) is 5.91 Å². The van der Waals surface area contributed by atoms with Gasteiger partial charge in [0.1, 0.15) is 6.04 Å². The van der Waals surface area contributed by atoms with E-state index in [1.807, 2.05) is 37.3 Å². The minimum absolute atomic E-state index is 0. The maximum atomic E-state index is 12.1. The summed E-state index contributed by atoms with van der Waals surface area (Å²) in [5, 5.41) is 3.03. The summed E-state index contributed by atoms with van der Waals surface area (Å²) in [6.45, 7) is 3.62. The highest BCUT2D eigenvalue weighted by Gasteiger charge is 2.24. The normalized spacial score (nSPS) is 18.7. The summed E-state index contributed by atoms with van der Waals surface area (Å²) in [7, 11) is 0. The van der Waals surface area contributed by atoms with Crippen molar-refractivity contribution in [3.05, 3.63) is 35.9 Å². The van der Waals surface area contributed by atoms with Gasteiger partial charge in [0.15, 0.2) is 0 Å². The summed E-state index contributed by atoms with van der Waals surface area (Å²) >= 11 is 0. The van der Waals surface area contributed by atoms with E-state index in [1.54, 1.807) is 0 Å². The smallest absolute Gasteiger partial charge is 0.241 e. The molecule has 1 saturated heterocycles. The molecular formula is C15H23ClN2O2. The first-order valence-corrected chi connectivity index (χ1v) is 6.87. The standard InChI is InChI=1S/C15H22N2O2.ClH/c1-11(12-7-9-19-10-8-12)17-15(18)14(16)13-5-3-2-4-6-13;/h2-6,11-12,14H,7-10,16H2,1H3,(H,17,18);1H. The third kappa shape index (κ3) is 4.47. The lowest BCUT2D eigenvalue weighted by Gasteiger charge is -2.29. The van der Waals surface area contributed by atoms with Gasteiger partial charge in [-0.25, -0.2) is 0 Å². The Hall–Kier alpha value is -1.10. The van der Waals surface area contributed by atoms with E-state index in [2.05, 4.69) is 5.32 Å². The predicted molar refractivity (Wildman–Crippen MR) is 81.8 cm³/mol. The molecule has 1 amide bonds. The van der Waals surface area contributed by atoms with E-state index < -0.39 is 6.04 Å². The lowest BCUT2D eigenvalue weighted by molar-refractivity contribution is -0.123. The number of carbonyl (C=O) groups is 1. The molecule has 20 heavy (non-hydrogen) atoms. The summed E-state index contributed by atoms with van der Waals surface area (Å²) in [6, 6.07) is 9.01. The van der Waals surface area contributed by atoms with Gasteiger partial charge in [-0.2, -0.15) is 0 Å². The molecule has 112 valence electrons. The zero-order valence-electron chi connectivity index (χ0n) is 11.7. The Morgan fingerprint density at radius 1 is 1.30 bits per heavy atom. The van der Waals surface area contributed by atoms with Crippen LogP contribution in [0.5, 0.6) is 0 Å². The zero-order valence-corrected chi connectivity index (χ0v) is 12.6. The zero-order chi connectivity index (χ0) is 13.7. The first kappa shape index (κ1) is 17.0. The van der Waals surface area contributed by atoms with Crippen molar-refractivity contribution in [1.82, 2.24) is 5.32 Å². The van der Waals surface area contributed by atoms with Crippen LogP contribution in [-0.4, -0.2) is 25.2 Å². The van der Waals surface area contributed by atoms with Crippen LogP contribution in [0.25, 0.3) is 0 Å². The number of hydrogen-bond donors (Lipinski definition) is 2. The van der Waals surface area contributed by atoms with Crippen molar-refractivity contribution in [2.75, 3.05) is 13.2 Å². The highest BCUT2D eigenvalue weighted by molar-refractivity contribution is 5.85. The largest absolute Gasteiger partial charge is 0.381 e. The Balaban J connectivity index is 0.00000200. The van der Waals surface area contributed by atoms with Crippen molar-refractivity contribution < 1.29 is 9.53 Å². The van der Waals surface area contributed by atoms with Crippen LogP contribution in [0.4, 0.5) is 0 Å². The van der Waals surface area contributed by atoms with Crippen LogP contribution >= 0.6 is 12.4 Å². The summed E-state index contributed by atoms with van der Waals surface area (Å²) in [6.07, 6.45) is 2.00. The molecule has 0 aliphatic carbocycles. The molecule has 3 N–H and O–H groups in total. The SMILES string of the molecule is CC(NC(=O)C(N)c1ccccc1)C1CCOCC1.Cl. The maximum absolute atomic E-state index is 12.1. The molecule has 0 spiro atoms. The monoisotopic (exact) mass is 298 g/mol. The second kappa shape index (κ2) is 8.25. The van der Waals surface area contributed by atoms with E-state index in [0.29, 0.717) is 5.92 Å². The number of halogens is 1. The summed E-state index contributed by atoms with van der Waals surface area (Å²) in [5.41, 5.74) is 6.83. The first-order valence-electron chi connectivity index (χ1n) is 6.87. The van der Waals surface area contributed by atoms with Crippen LogP contribution < -0.4 is 11.1 Å². The number of benzene rings is 1. The molecule has 4 nitrogen and oxygen atoms in total. The summed E-state index contributed by atoms with van der Waals surface area (Å²) < 4.78 is 5.33. The highest BCUT2D eigenvalue weighted by Crippen LogP contribution is 2.19. The molecule has 1 fully saturated rings. The quantitative estimate of drug-likeness (QED) is 0.894. The molecule has 0 saturated carbocycles. The van der Waals surface area contributed by atoms with Crippen LogP contribution in [0, 0.1) is 5.92 Å². The average molecular weight is 299 g/mol. The Labute approximate surface area is 126 Å². The molecule has 1 aliphatic rings. The molecule has 1 aromatic rings. The number of rotatable bonds is 4. The molecule has 2 atom stereocenters. The van der Waals surface area contributed by atoms with Crippen LogP contribution in [-0.2, 0) is 9.53 Å². The maximum Gasteiger partial charge on any atom is 0.241 e. The van der Waals surface area contributed by atoms with E-state index in [4.69, 9.17) is 10.5 Å². The topological polar surface area (TPSA) is 64.4 Å². The fraction of sp³-hybridized carbons (Fsp3) is 0.533. The number of nitrogens with one attached hydrogen (secondary N) is 1. The molecular weight excluding hydrogens is 276 g/mol. The van der Waals surface area contributed by atoms with Crippen molar-refractivity contribution in [1.29, 1.82) is 0 Å². The lowest BCUT2D eigenvalue weighted by atomic mass is 9.92. The van der Waals surface area contributed by atoms with Crippen LogP contribution in [0.15, 0.2) is 30.3 Å². The lowest BCUT2D eigenvalue weighted by Crippen LogP contribution is -2.44. The number of nitrogens with two attached hydrogens (primary N) is 1. The molecule has 0 bridgehead atoms. The van der Waals surface area contributed by atoms with Crippen molar-refractivity contribution >= 4 is 18.3 Å². The van der Waals surface area contributed by atoms with Gasteiger partial charge in [-0.15, -0.1) is 12.4 Å². The molecule has 2 unspecified atom stereocenters. The van der Waals surface area contributed by atoms with E-state index in [-0.39, 0.29) is 24.4 Å². The van der Waals surface area contributed by atoms with E-state index in [1.165, 1.54) is 0 Å². The highest BCUT2D eigenvalue weighted by atomic mass is 35.5. The second-order valence-electron chi connectivity index (χ2n) is 5.14. The third-order valence-corrected chi connectivity index (χ3v) is 3.78. The number of ether oxygens (including phenoxy) is 1. The Morgan fingerprint density at radius 3 is 2.50 bits per heavy atom. The van der Waals surface area contributed by atoms with Gasteiger partial charge in [0.25, 0.3) is 0 Å². The number of carbonyl (C=O) groups excluding carboxylic acids is 1. The fourth-order valence-corrected chi connectivity index (χ4v) is 2.46. The van der Waals surface area contributed by atoms with Gasteiger partial charge in [0.05, 0.1) is 0 Å². The van der Waals surface area contributed by atoms with Crippen molar-refractivity contribution in [2.24, 2.45) is 11.7 Å². The Bertz CT molecular complexity index is 408. The van der Waals surface area contributed by atoms with Crippen molar-refractivity contribution in [2.45, 2.75) is 31.8 Å². The van der Waals surface area contributed by atoms with Gasteiger partial charge in [-0.1, -0.05) is 30.3 Å². The molecule has 1 aromatic carbocycles. The minimum atomic E-state index is -0.594. The van der Waals surface area contributed by atoms with E-state index >= 15 is 0 Å². The molecule has 0 aromatic heterocycles. The first-order chi connectivity index (χ1) is 9.18. The number of hydrogen-bond acceptors (Lipinski definition) is 3. The molecule has 1 aliphatic heterocycles. The third-order valence-electron chi connectivity index (χ3n) is 3.78. The molecule has 1 heterocycles. The summed E-state index contributed by atoms with van der Waals surface area (Å²) in [5.74, 6) is 0.380. The van der Waals surface area contributed by atoms with Crippen LogP contribution in [0.3, 0.4) is 0 Å². The van der Waals surface area contributed by atoms with Crippen LogP contribution in [0.2, 0.25) is 0 Å². The summed E-state index contributed by atoms with van der Waals surface area (Å²) in [4.78, 5) is 12.1. The molecule has 2 rings (SSSR count). The van der Waals surface area contributed by atoms with Gasteiger partial charge < -0.3 is 15.8 Å². The second-order valence-corrected chi connectivity index (χ2v) is 5.14. The number of amides is 1. The fourth-order valence-electron chi connectivity index (χ4n) is 2.46. The van der Waals surface area contributed by atoms with E-state index in [0.717, 1.165) is 31.6 Å². The van der Waals surface area contributed by atoms with Gasteiger partial charge in [-0.3, -0.25) is 4.79 Å². The Kier molecular flexibility index (Phi) is 6.99. The van der Waals surface area contributed by atoms with Gasteiger partial charge in [-0.05, 0) is 31.2 Å². The van der Waals surface area contributed by atoms with Gasteiger partial charge in [0, 0.05) is 19.3 Å². The minimum Gasteiger partial charge on any atom is -0.381 e. The van der Waals surface area contributed by atoms with Crippen LogP contribution in [0.1, 0.15) is 31.4 Å².